The number of rotatable bonds is 7. The lowest BCUT2D eigenvalue weighted by molar-refractivity contribution is -0.152. The molecule has 7 unspecified atom stereocenters. The van der Waals surface area contributed by atoms with Gasteiger partial charge in [-0.15, -0.1) is 0 Å². The molecule has 0 spiro atoms. The van der Waals surface area contributed by atoms with E-state index >= 15 is 0 Å². The van der Waals surface area contributed by atoms with Crippen LogP contribution in [0.25, 0.3) is 0 Å². The first-order chi connectivity index (χ1) is 16.0. The van der Waals surface area contributed by atoms with Gasteiger partial charge in [-0.1, -0.05) is 19.6 Å². The van der Waals surface area contributed by atoms with Crippen LogP contribution in [0, 0.1) is 11.8 Å². The summed E-state index contributed by atoms with van der Waals surface area (Å²) in [6, 6.07) is 0. The molecule has 0 radical (unpaired) electrons. The van der Waals surface area contributed by atoms with Crippen molar-refractivity contribution in [2.75, 3.05) is 13.2 Å². The van der Waals surface area contributed by atoms with Crippen LogP contribution in [0.5, 0.6) is 0 Å². The second-order valence-electron chi connectivity index (χ2n) is 9.36. The highest BCUT2D eigenvalue weighted by Gasteiger charge is 2.57. The molecule has 0 aromatic heterocycles. The largest absolute Gasteiger partial charge is 0.460 e. The van der Waals surface area contributed by atoms with Gasteiger partial charge < -0.3 is 29.2 Å². The van der Waals surface area contributed by atoms with E-state index in [4.69, 9.17) is 18.9 Å². The van der Waals surface area contributed by atoms with Crippen LogP contribution in [0.2, 0.25) is 0 Å². The second-order valence-corrected chi connectivity index (χ2v) is 9.36. The minimum Gasteiger partial charge on any atom is -0.460 e. The Morgan fingerprint density at radius 1 is 1.41 bits per heavy atom. The van der Waals surface area contributed by atoms with E-state index in [-0.39, 0.29) is 36.9 Å². The topological polar surface area (TPSA) is 132 Å². The Kier molecular flexibility index (Phi) is 8.00. The number of allylic oxidation sites excluding steroid dienone is 1. The molecule has 0 saturated carbocycles. The third-order valence-corrected chi connectivity index (χ3v) is 6.98. The van der Waals surface area contributed by atoms with Crippen molar-refractivity contribution in [2.45, 2.75) is 77.0 Å². The first kappa shape index (κ1) is 26.1. The quantitative estimate of drug-likeness (QED) is 0.185. The van der Waals surface area contributed by atoms with E-state index in [9.17, 15) is 24.6 Å². The Morgan fingerprint density at radius 3 is 2.74 bits per heavy atom. The molecule has 0 bridgehead atoms. The van der Waals surface area contributed by atoms with Gasteiger partial charge in [0.05, 0.1) is 41.8 Å². The summed E-state index contributed by atoms with van der Waals surface area (Å²) in [6.07, 6.45) is 1.74. The minimum atomic E-state index is -0.794. The first-order valence-corrected chi connectivity index (χ1v) is 11.6. The number of hydrogen-bond donors (Lipinski definition) is 2. The molecule has 2 saturated heterocycles. The standard InChI is InChI=1S/C25H34O9/c1-6-15(11-26)23(29)31-12-16(7-2)24(30)33-19-10-25(5)20(34-25)9-17(27)13(3)8-18-21(19)14(4)22(28)32-18/h7-8,15,17-21,26-27H,4,6,9-12H2,1-3,5H3. The molecule has 7 atom stereocenters. The van der Waals surface area contributed by atoms with Crippen molar-refractivity contribution < 1.29 is 43.5 Å². The van der Waals surface area contributed by atoms with Gasteiger partial charge >= 0.3 is 17.9 Å². The van der Waals surface area contributed by atoms with Crippen molar-refractivity contribution in [2.24, 2.45) is 11.8 Å². The summed E-state index contributed by atoms with van der Waals surface area (Å²) >= 11 is 0. The predicted molar refractivity (Wildman–Crippen MR) is 120 cm³/mol. The summed E-state index contributed by atoms with van der Waals surface area (Å²) in [4.78, 5) is 37.5. The average Bonchev–Trinajstić information content (AvgIpc) is 3.32. The molecule has 2 fully saturated rings. The summed E-state index contributed by atoms with van der Waals surface area (Å²) in [6.45, 7) is 10.2. The molecule has 9 nitrogen and oxygen atoms in total. The lowest BCUT2D eigenvalue weighted by Gasteiger charge is -2.29. The normalized spacial score (nSPS) is 34.2. The number of carbonyl (C=O) groups excluding carboxylic acids is 3. The number of hydrogen-bond acceptors (Lipinski definition) is 9. The smallest absolute Gasteiger partial charge is 0.337 e. The highest BCUT2D eigenvalue weighted by molar-refractivity contribution is 5.92. The van der Waals surface area contributed by atoms with Gasteiger partial charge in [-0.05, 0) is 38.8 Å². The number of fused-ring (bicyclic) bond motifs is 2. The maximum atomic E-state index is 13.1. The number of ether oxygens (including phenoxy) is 4. The molecule has 3 aliphatic rings. The van der Waals surface area contributed by atoms with Gasteiger partial charge in [-0.25, -0.2) is 9.59 Å². The Morgan fingerprint density at radius 2 is 2.12 bits per heavy atom. The van der Waals surface area contributed by atoms with Crippen LogP contribution in [0.4, 0.5) is 0 Å². The Balaban J connectivity index is 1.81. The molecular formula is C25H34O9. The molecule has 3 rings (SSSR count). The molecule has 0 aromatic carbocycles. The van der Waals surface area contributed by atoms with Crippen molar-refractivity contribution in [1.29, 1.82) is 0 Å². The Labute approximate surface area is 199 Å². The fourth-order valence-electron chi connectivity index (χ4n) is 4.46. The van der Waals surface area contributed by atoms with Crippen LogP contribution in [0.15, 0.2) is 35.5 Å². The third kappa shape index (κ3) is 5.42. The maximum absolute atomic E-state index is 13.1. The second kappa shape index (κ2) is 10.4. The third-order valence-electron chi connectivity index (χ3n) is 6.98. The lowest BCUT2D eigenvalue weighted by Crippen LogP contribution is -2.38. The van der Waals surface area contributed by atoms with Crippen molar-refractivity contribution in [3.05, 3.63) is 35.5 Å². The van der Waals surface area contributed by atoms with Crippen LogP contribution in [0.1, 0.15) is 47.0 Å². The van der Waals surface area contributed by atoms with E-state index in [1.165, 1.54) is 6.08 Å². The number of aliphatic hydroxyl groups is 2. The first-order valence-electron chi connectivity index (χ1n) is 11.6. The van der Waals surface area contributed by atoms with Crippen molar-refractivity contribution in [3.63, 3.8) is 0 Å². The van der Waals surface area contributed by atoms with E-state index in [0.717, 1.165) is 0 Å². The van der Waals surface area contributed by atoms with Crippen molar-refractivity contribution in [3.8, 4) is 0 Å². The monoisotopic (exact) mass is 478 g/mol. The molecule has 2 heterocycles. The van der Waals surface area contributed by atoms with Crippen LogP contribution >= 0.6 is 0 Å². The van der Waals surface area contributed by atoms with E-state index in [1.54, 1.807) is 26.8 Å². The summed E-state index contributed by atoms with van der Waals surface area (Å²) in [5.41, 5.74) is 0.312. The van der Waals surface area contributed by atoms with Crippen LogP contribution < -0.4 is 0 Å². The van der Waals surface area contributed by atoms with Gasteiger partial charge in [0.1, 0.15) is 18.8 Å². The summed E-state index contributed by atoms with van der Waals surface area (Å²) < 4.78 is 22.4. The van der Waals surface area contributed by atoms with Crippen LogP contribution in [-0.2, 0) is 33.3 Å². The average molecular weight is 479 g/mol. The van der Waals surface area contributed by atoms with E-state index in [0.29, 0.717) is 18.4 Å². The fourth-order valence-corrected chi connectivity index (χ4v) is 4.46. The zero-order valence-corrected chi connectivity index (χ0v) is 20.1. The number of epoxide rings is 1. The van der Waals surface area contributed by atoms with Gasteiger partial charge in [-0.3, -0.25) is 4.79 Å². The van der Waals surface area contributed by atoms with Gasteiger partial charge in [-0.2, -0.15) is 0 Å². The molecule has 2 aliphatic heterocycles. The van der Waals surface area contributed by atoms with Crippen molar-refractivity contribution in [1.82, 2.24) is 0 Å². The molecule has 0 amide bonds. The summed E-state index contributed by atoms with van der Waals surface area (Å²) in [7, 11) is 0. The zero-order valence-electron chi connectivity index (χ0n) is 20.1. The van der Waals surface area contributed by atoms with Crippen molar-refractivity contribution >= 4 is 17.9 Å². The molecule has 2 N–H and O–H groups in total. The SMILES string of the molecule is C=C1C(=O)OC2C=C(C)C(O)CC3OC3(C)CC(OC(=O)C(=CC)COC(=O)C(CC)CO)C12. The number of esters is 3. The molecule has 0 aromatic rings. The number of carbonyl (C=O) groups is 3. The van der Waals surface area contributed by atoms with E-state index in [1.807, 2.05) is 6.92 Å². The van der Waals surface area contributed by atoms with E-state index in [2.05, 4.69) is 6.58 Å². The molecule has 9 heteroatoms. The molecule has 1 aliphatic carbocycles. The van der Waals surface area contributed by atoms with Gasteiger partial charge in [0.15, 0.2) is 0 Å². The van der Waals surface area contributed by atoms with Gasteiger partial charge in [0.25, 0.3) is 0 Å². The van der Waals surface area contributed by atoms with Crippen LogP contribution in [0.3, 0.4) is 0 Å². The molecular weight excluding hydrogens is 444 g/mol. The fraction of sp³-hybridized carbons (Fsp3) is 0.640. The molecule has 34 heavy (non-hydrogen) atoms. The van der Waals surface area contributed by atoms with Gasteiger partial charge in [0, 0.05) is 18.4 Å². The Bertz CT molecular complexity index is 900. The highest BCUT2D eigenvalue weighted by atomic mass is 16.6. The highest BCUT2D eigenvalue weighted by Crippen LogP contribution is 2.48. The summed E-state index contributed by atoms with van der Waals surface area (Å²) in [5, 5.41) is 19.8. The summed E-state index contributed by atoms with van der Waals surface area (Å²) in [5.74, 6) is -3.19. The van der Waals surface area contributed by atoms with E-state index < -0.39 is 53.7 Å². The Hall–Kier alpha value is -2.49. The molecule has 188 valence electrons. The zero-order chi connectivity index (χ0) is 25.2. The maximum Gasteiger partial charge on any atom is 0.337 e. The van der Waals surface area contributed by atoms with Gasteiger partial charge in [0.2, 0.25) is 0 Å². The lowest BCUT2D eigenvalue weighted by atomic mass is 9.82. The minimum absolute atomic E-state index is 0.131. The predicted octanol–water partition coefficient (Wildman–Crippen LogP) is 1.76. The van der Waals surface area contributed by atoms with Crippen LogP contribution in [-0.4, -0.2) is 71.4 Å². The number of aliphatic hydroxyl groups excluding tert-OH is 2.